The molecular weight excluding hydrogens is 637 g/mol. The van der Waals surface area contributed by atoms with E-state index >= 15 is 0 Å². The van der Waals surface area contributed by atoms with Gasteiger partial charge in [0.2, 0.25) is 0 Å². The van der Waals surface area contributed by atoms with Crippen molar-refractivity contribution in [2.75, 3.05) is 32.1 Å². The molecular formula is C39H40N4O5S. The number of aliphatic hydroxyl groups excluding tert-OH is 1. The van der Waals surface area contributed by atoms with Gasteiger partial charge in [-0.3, -0.25) is 14.5 Å². The van der Waals surface area contributed by atoms with Gasteiger partial charge in [-0.2, -0.15) is 0 Å². The molecule has 0 saturated heterocycles. The zero-order valence-corrected chi connectivity index (χ0v) is 28.6. The number of para-hydroxylation sites is 2. The van der Waals surface area contributed by atoms with Crippen molar-refractivity contribution in [2.45, 2.75) is 32.5 Å². The van der Waals surface area contributed by atoms with E-state index in [0.29, 0.717) is 42.2 Å². The van der Waals surface area contributed by atoms with Crippen LogP contribution in [0.15, 0.2) is 109 Å². The minimum Gasteiger partial charge on any atom is -0.486 e. The molecule has 2 heterocycles. The summed E-state index contributed by atoms with van der Waals surface area (Å²) >= 11 is 1.53. The van der Waals surface area contributed by atoms with Crippen molar-refractivity contribution in [2.24, 2.45) is 5.92 Å². The summed E-state index contributed by atoms with van der Waals surface area (Å²) in [7, 11) is 2.03. The Morgan fingerprint density at radius 3 is 2.47 bits per heavy atom. The van der Waals surface area contributed by atoms with Crippen LogP contribution in [0, 0.1) is 5.92 Å². The van der Waals surface area contributed by atoms with Gasteiger partial charge in [-0.05, 0) is 68.1 Å². The number of rotatable bonds is 11. The highest BCUT2D eigenvalue weighted by molar-refractivity contribution is 7.13. The molecule has 0 aliphatic carbocycles. The minimum atomic E-state index is -0.398. The van der Waals surface area contributed by atoms with Crippen molar-refractivity contribution in [3.8, 4) is 27.8 Å². The molecule has 0 saturated carbocycles. The van der Waals surface area contributed by atoms with Crippen LogP contribution in [0.3, 0.4) is 0 Å². The SMILES string of the molecule is C[C@@H]1CN([C@@H](C)CO)C(=O)c2cccc(NC(=O)c3ccc(-c4nccs4)cc3)c2O[C@H]1CN(C)Cc1ccc(Oc2ccccc2)cc1. The fraction of sp³-hybridized carbons (Fsp3) is 0.256. The van der Waals surface area contributed by atoms with E-state index in [4.69, 9.17) is 9.47 Å². The number of fused-ring (bicyclic) bond motifs is 1. The van der Waals surface area contributed by atoms with Crippen molar-refractivity contribution < 1.29 is 24.2 Å². The monoisotopic (exact) mass is 676 g/mol. The van der Waals surface area contributed by atoms with E-state index in [9.17, 15) is 14.7 Å². The summed E-state index contributed by atoms with van der Waals surface area (Å²) in [6.07, 6.45) is 1.42. The maximum atomic E-state index is 13.9. The summed E-state index contributed by atoms with van der Waals surface area (Å²) in [5, 5.41) is 15.8. The van der Waals surface area contributed by atoms with Crippen LogP contribution in [0.4, 0.5) is 5.69 Å². The molecule has 2 N–H and O–H groups in total. The second-order valence-corrected chi connectivity index (χ2v) is 13.3. The predicted molar refractivity (Wildman–Crippen MR) is 192 cm³/mol. The molecule has 9 nitrogen and oxygen atoms in total. The van der Waals surface area contributed by atoms with Crippen LogP contribution in [0.5, 0.6) is 17.2 Å². The molecule has 10 heteroatoms. The van der Waals surface area contributed by atoms with Crippen LogP contribution in [0.2, 0.25) is 0 Å². The molecule has 0 spiro atoms. The van der Waals surface area contributed by atoms with Crippen LogP contribution < -0.4 is 14.8 Å². The molecule has 252 valence electrons. The zero-order chi connectivity index (χ0) is 34.3. The second kappa shape index (κ2) is 15.5. The largest absolute Gasteiger partial charge is 0.486 e. The number of hydrogen-bond acceptors (Lipinski definition) is 8. The third-order valence-corrected chi connectivity index (χ3v) is 9.43. The molecule has 1 aliphatic rings. The third kappa shape index (κ3) is 8.17. The molecule has 2 amide bonds. The number of carbonyl (C=O) groups excluding carboxylic acids is 2. The molecule has 5 aromatic rings. The van der Waals surface area contributed by atoms with E-state index in [1.54, 1.807) is 41.4 Å². The summed E-state index contributed by atoms with van der Waals surface area (Å²) in [6.45, 7) is 5.34. The Bertz CT molecular complexity index is 1850. The van der Waals surface area contributed by atoms with Gasteiger partial charge in [0.05, 0.1) is 23.9 Å². The number of benzene rings is 4. The lowest BCUT2D eigenvalue weighted by atomic mass is 9.98. The third-order valence-electron chi connectivity index (χ3n) is 8.61. The Morgan fingerprint density at radius 1 is 1.04 bits per heavy atom. The van der Waals surface area contributed by atoms with Gasteiger partial charge in [-0.25, -0.2) is 4.98 Å². The topological polar surface area (TPSA) is 104 Å². The standard InChI is InChI=1S/C39H40N4O5S/c1-26-22-43(27(2)25-44)39(46)33-10-7-11-34(41-37(45)29-14-16-30(17-15-29)38-40-20-21-49-38)36(33)48-35(26)24-42(3)23-28-12-18-32(19-13-28)47-31-8-5-4-6-9-31/h4-21,26-27,35,44H,22-25H2,1-3H3,(H,41,45)/t26-,27+,35+/m1/s1. The number of nitrogens with one attached hydrogen (secondary N) is 1. The van der Waals surface area contributed by atoms with E-state index in [2.05, 4.69) is 22.1 Å². The van der Waals surface area contributed by atoms with Gasteiger partial charge in [0.1, 0.15) is 22.6 Å². The molecule has 0 bridgehead atoms. The number of nitrogens with zero attached hydrogens (tertiary/aromatic N) is 3. The van der Waals surface area contributed by atoms with Gasteiger partial charge < -0.3 is 24.8 Å². The Labute approximate surface area is 290 Å². The molecule has 4 aromatic carbocycles. The highest BCUT2D eigenvalue weighted by Gasteiger charge is 2.34. The van der Waals surface area contributed by atoms with Crippen LogP contribution in [0.1, 0.15) is 40.1 Å². The second-order valence-electron chi connectivity index (χ2n) is 12.4. The van der Waals surface area contributed by atoms with Crippen LogP contribution >= 0.6 is 11.3 Å². The first-order valence-electron chi connectivity index (χ1n) is 16.3. The number of amides is 2. The van der Waals surface area contributed by atoms with Crippen LogP contribution in [0.25, 0.3) is 10.6 Å². The van der Waals surface area contributed by atoms with Crippen molar-refractivity contribution in [1.82, 2.24) is 14.8 Å². The number of aromatic nitrogens is 1. The first-order valence-corrected chi connectivity index (χ1v) is 17.2. The van der Waals surface area contributed by atoms with Gasteiger partial charge >= 0.3 is 0 Å². The van der Waals surface area contributed by atoms with Crippen molar-refractivity contribution in [3.05, 3.63) is 125 Å². The summed E-state index contributed by atoms with van der Waals surface area (Å²) in [4.78, 5) is 35.6. The first kappa shape index (κ1) is 33.9. The number of carbonyl (C=O) groups is 2. The lowest BCUT2D eigenvalue weighted by Crippen LogP contribution is -2.49. The van der Waals surface area contributed by atoms with E-state index in [1.807, 2.05) is 86.1 Å². The molecule has 0 radical (unpaired) electrons. The van der Waals surface area contributed by atoms with E-state index in [0.717, 1.165) is 27.6 Å². The smallest absolute Gasteiger partial charge is 0.258 e. The normalized spacial score (nSPS) is 16.7. The first-order chi connectivity index (χ1) is 23.8. The summed E-state index contributed by atoms with van der Waals surface area (Å²) in [5.74, 6) is 1.21. The van der Waals surface area contributed by atoms with E-state index < -0.39 is 6.04 Å². The average Bonchev–Trinajstić information content (AvgIpc) is 3.66. The maximum absolute atomic E-state index is 13.9. The number of aliphatic hydroxyl groups is 1. The molecule has 3 atom stereocenters. The van der Waals surface area contributed by atoms with Crippen molar-refractivity contribution >= 4 is 28.8 Å². The Morgan fingerprint density at radius 2 is 1.78 bits per heavy atom. The Hall–Kier alpha value is -5.03. The quantitative estimate of drug-likeness (QED) is 0.152. The number of hydrogen-bond donors (Lipinski definition) is 2. The zero-order valence-electron chi connectivity index (χ0n) is 27.8. The molecule has 6 rings (SSSR count). The Kier molecular flexibility index (Phi) is 10.7. The van der Waals surface area contributed by atoms with Gasteiger partial charge in [0, 0.05) is 48.3 Å². The minimum absolute atomic E-state index is 0.0858. The molecule has 49 heavy (non-hydrogen) atoms. The van der Waals surface area contributed by atoms with Crippen LogP contribution in [-0.2, 0) is 6.54 Å². The fourth-order valence-electron chi connectivity index (χ4n) is 5.86. The highest BCUT2D eigenvalue weighted by Crippen LogP contribution is 2.35. The molecule has 0 unspecified atom stereocenters. The maximum Gasteiger partial charge on any atom is 0.258 e. The number of thiazole rings is 1. The van der Waals surface area contributed by atoms with Gasteiger partial charge in [-0.15, -0.1) is 11.3 Å². The Balaban J connectivity index is 1.21. The van der Waals surface area contributed by atoms with Gasteiger partial charge in [-0.1, -0.05) is 55.5 Å². The summed E-state index contributed by atoms with van der Waals surface area (Å²) in [6, 6.07) is 29.8. The number of likely N-dealkylation sites (N-methyl/N-ethyl adjacent to an activating group) is 1. The number of anilines is 1. The number of ether oxygens (including phenoxy) is 2. The predicted octanol–water partition coefficient (Wildman–Crippen LogP) is 7.21. The van der Waals surface area contributed by atoms with Gasteiger partial charge in [0.15, 0.2) is 5.75 Å². The highest BCUT2D eigenvalue weighted by atomic mass is 32.1. The van der Waals surface area contributed by atoms with Crippen molar-refractivity contribution in [1.29, 1.82) is 0 Å². The summed E-state index contributed by atoms with van der Waals surface area (Å²) in [5.41, 5.74) is 3.26. The average molecular weight is 677 g/mol. The lowest BCUT2D eigenvalue weighted by Gasteiger charge is -2.38. The van der Waals surface area contributed by atoms with E-state index in [1.165, 1.54) is 11.3 Å². The fourth-order valence-corrected chi connectivity index (χ4v) is 6.50. The molecule has 0 fully saturated rings. The molecule has 1 aromatic heterocycles. The van der Waals surface area contributed by atoms with Gasteiger partial charge in [0.25, 0.3) is 11.8 Å². The lowest BCUT2D eigenvalue weighted by molar-refractivity contribution is 0.0343. The van der Waals surface area contributed by atoms with Crippen molar-refractivity contribution in [3.63, 3.8) is 0 Å². The molecule has 1 aliphatic heterocycles. The van der Waals surface area contributed by atoms with Crippen LogP contribution in [-0.4, -0.2) is 70.6 Å². The summed E-state index contributed by atoms with van der Waals surface area (Å²) < 4.78 is 12.7. The van der Waals surface area contributed by atoms with E-state index in [-0.39, 0.29) is 30.4 Å².